The van der Waals surface area contributed by atoms with Crippen molar-refractivity contribution in [2.24, 2.45) is 0 Å². The molecule has 43 heavy (non-hydrogen) atoms. The quantitative estimate of drug-likeness (QED) is 0.268. The van der Waals surface area contributed by atoms with Gasteiger partial charge in [-0.3, -0.25) is 14.8 Å². The maximum Gasteiger partial charge on any atom is 0.253 e. The van der Waals surface area contributed by atoms with Gasteiger partial charge >= 0.3 is 0 Å². The Morgan fingerprint density at radius 2 is 1.65 bits per heavy atom. The minimum Gasteiger partial charge on any atom is -0.339 e. The number of aromatic amines is 1. The fraction of sp³-hybridized carbons (Fsp3) is 0.429. The molecule has 8 rings (SSSR count). The van der Waals surface area contributed by atoms with Crippen molar-refractivity contribution in [1.82, 2.24) is 34.8 Å². The van der Waals surface area contributed by atoms with Gasteiger partial charge in [-0.2, -0.15) is 0 Å². The lowest BCUT2D eigenvalue weighted by Gasteiger charge is -2.45. The van der Waals surface area contributed by atoms with Crippen molar-refractivity contribution in [3.8, 4) is 0 Å². The number of H-pyrrole nitrogens is 1. The Morgan fingerprint density at radius 1 is 0.907 bits per heavy atom. The molecule has 3 aliphatic heterocycles. The smallest absolute Gasteiger partial charge is 0.253 e. The van der Waals surface area contributed by atoms with Gasteiger partial charge < -0.3 is 9.47 Å². The van der Waals surface area contributed by atoms with Gasteiger partial charge in [0.2, 0.25) is 0 Å². The van der Waals surface area contributed by atoms with Crippen LogP contribution in [-0.2, 0) is 5.41 Å². The molecule has 1 N–H and O–H groups in total. The molecule has 3 fully saturated rings. The van der Waals surface area contributed by atoms with E-state index >= 15 is 0 Å². The molecule has 0 aliphatic carbocycles. The highest BCUT2D eigenvalue weighted by atomic mass is 16.2. The normalized spacial score (nSPS) is 23.7. The first-order valence-electron chi connectivity index (χ1n) is 15.9. The Hall–Kier alpha value is -4.04. The van der Waals surface area contributed by atoms with E-state index in [1.807, 2.05) is 23.1 Å². The number of aromatic nitrogens is 5. The summed E-state index contributed by atoms with van der Waals surface area (Å²) in [6.07, 6.45) is 8.10. The molecule has 1 unspecified atom stereocenters. The molecule has 2 aromatic heterocycles. The number of rotatable bonds is 6. The highest BCUT2D eigenvalue weighted by Gasteiger charge is 2.44. The molecule has 0 radical (unpaired) electrons. The number of nitrogens with zero attached hydrogens (tertiary/aromatic N) is 6. The van der Waals surface area contributed by atoms with Crippen molar-refractivity contribution in [3.05, 3.63) is 89.7 Å². The molecule has 0 saturated carbocycles. The number of carbonyl (C=O) groups excluding carboxylic acids is 1. The van der Waals surface area contributed by atoms with Crippen LogP contribution in [0.1, 0.15) is 72.7 Å². The van der Waals surface area contributed by atoms with E-state index in [2.05, 4.69) is 86.4 Å². The number of likely N-dealkylation sites (tertiary alicyclic amines) is 1. The Labute approximate surface area is 252 Å². The molecule has 0 spiro atoms. The molecule has 5 heterocycles. The van der Waals surface area contributed by atoms with Crippen molar-refractivity contribution < 1.29 is 4.79 Å². The number of imidazole rings is 1. The molecular formula is C35H39N7O. The molecule has 8 heteroatoms. The van der Waals surface area contributed by atoms with Crippen LogP contribution in [0.3, 0.4) is 0 Å². The topological polar surface area (TPSA) is 82.9 Å². The van der Waals surface area contributed by atoms with Crippen molar-refractivity contribution in [3.63, 3.8) is 0 Å². The first-order valence-corrected chi connectivity index (χ1v) is 15.9. The van der Waals surface area contributed by atoms with Crippen LogP contribution in [0.5, 0.6) is 0 Å². The van der Waals surface area contributed by atoms with Crippen molar-refractivity contribution in [2.75, 3.05) is 19.6 Å². The van der Waals surface area contributed by atoms with Crippen LogP contribution in [0.4, 0.5) is 0 Å². The van der Waals surface area contributed by atoms with Crippen molar-refractivity contribution in [2.45, 2.75) is 75.4 Å². The van der Waals surface area contributed by atoms with Crippen LogP contribution < -0.4 is 0 Å². The maximum atomic E-state index is 13.5. The highest BCUT2D eigenvalue weighted by molar-refractivity contribution is 5.97. The highest BCUT2D eigenvalue weighted by Crippen LogP contribution is 2.45. The Kier molecular flexibility index (Phi) is 6.55. The number of benzene rings is 3. The van der Waals surface area contributed by atoms with Gasteiger partial charge in [0, 0.05) is 36.8 Å². The predicted octanol–water partition coefficient (Wildman–Crippen LogP) is 6.05. The van der Waals surface area contributed by atoms with E-state index in [-0.39, 0.29) is 11.3 Å². The van der Waals surface area contributed by atoms with E-state index in [4.69, 9.17) is 4.98 Å². The third-order valence-corrected chi connectivity index (χ3v) is 10.8. The summed E-state index contributed by atoms with van der Waals surface area (Å²) in [5.41, 5.74) is 6.18. The Balaban J connectivity index is 0.980. The average molecular weight is 574 g/mol. The first kappa shape index (κ1) is 26.6. The molecule has 1 amide bonds. The SMILES string of the molecule is Cc1nc2ccccc2n1C1C[C@H]2CC[C@@H](C1)N2CCC1(c2ccccc2)CCN(C(=O)c2ccc3[nH]nnc3c2)CC1. The van der Waals surface area contributed by atoms with Crippen LogP contribution >= 0.6 is 0 Å². The van der Waals surface area contributed by atoms with Gasteiger partial charge in [-0.15, -0.1) is 5.10 Å². The molecule has 3 aromatic carbocycles. The number of nitrogens with one attached hydrogen (secondary N) is 1. The second-order valence-electron chi connectivity index (χ2n) is 13.0. The molecule has 2 bridgehead atoms. The van der Waals surface area contributed by atoms with Gasteiger partial charge in [-0.1, -0.05) is 47.7 Å². The lowest BCUT2D eigenvalue weighted by atomic mass is 9.70. The van der Waals surface area contributed by atoms with E-state index in [0.717, 1.165) is 61.3 Å². The summed E-state index contributed by atoms with van der Waals surface area (Å²) in [5, 5.41) is 10.8. The number of carbonyl (C=O) groups is 1. The molecule has 3 atom stereocenters. The van der Waals surface area contributed by atoms with Crippen molar-refractivity contribution in [1.29, 1.82) is 0 Å². The molecule has 3 saturated heterocycles. The number of piperidine rings is 2. The molecule has 220 valence electrons. The second kappa shape index (κ2) is 10.6. The number of aryl methyl sites for hydroxylation is 1. The minimum absolute atomic E-state index is 0.0849. The van der Waals surface area contributed by atoms with E-state index in [0.29, 0.717) is 23.7 Å². The van der Waals surface area contributed by atoms with Crippen LogP contribution in [-0.4, -0.2) is 72.4 Å². The summed E-state index contributed by atoms with van der Waals surface area (Å²) in [6.45, 7) is 4.83. The predicted molar refractivity (Wildman–Crippen MR) is 168 cm³/mol. The fourth-order valence-electron chi connectivity index (χ4n) is 8.56. The van der Waals surface area contributed by atoms with E-state index in [9.17, 15) is 4.79 Å². The van der Waals surface area contributed by atoms with Crippen LogP contribution in [0.25, 0.3) is 22.1 Å². The van der Waals surface area contributed by atoms with Gasteiger partial charge in [0.05, 0.1) is 16.6 Å². The zero-order valence-electron chi connectivity index (χ0n) is 24.8. The average Bonchev–Trinajstić information content (AvgIpc) is 3.72. The molecular weight excluding hydrogens is 534 g/mol. The summed E-state index contributed by atoms with van der Waals surface area (Å²) in [4.78, 5) is 23.3. The molecule has 8 nitrogen and oxygen atoms in total. The van der Waals surface area contributed by atoms with Crippen LogP contribution in [0.15, 0.2) is 72.8 Å². The summed E-state index contributed by atoms with van der Waals surface area (Å²) in [7, 11) is 0. The lowest BCUT2D eigenvalue weighted by molar-refractivity contribution is 0.0607. The lowest BCUT2D eigenvalue weighted by Crippen LogP contribution is -2.49. The summed E-state index contributed by atoms with van der Waals surface area (Å²) in [6, 6.07) is 27.1. The first-order chi connectivity index (χ1) is 21.1. The van der Waals surface area contributed by atoms with Crippen molar-refractivity contribution >= 4 is 28.0 Å². The van der Waals surface area contributed by atoms with Gasteiger partial charge in [-0.05, 0) is 99.7 Å². The minimum atomic E-state index is 0.0849. The number of para-hydroxylation sites is 2. The molecule has 3 aliphatic rings. The van der Waals surface area contributed by atoms with E-state index in [1.54, 1.807) is 0 Å². The van der Waals surface area contributed by atoms with Gasteiger partial charge in [0.15, 0.2) is 0 Å². The molecule has 5 aromatic rings. The zero-order chi connectivity index (χ0) is 29.0. The summed E-state index contributed by atoms with van der Waals surface area (Å²) in [5.74, 6) is 1.23. The number of amides is 1. The van der Waals surface area contributed by atoms with Crippen LogP contribution in [0.2, 0.25) is 0 Å². The summed E-state index contributed by atoms with van der Waals surface area (Å²) < 4.78 is 2.52. The van der Waals surface area contributed by atoms with Gasteiger partial charge in [0.25, 0.3) is 5.91 Å². The number of hydrogen-bond acceptors (Lipinski definition) is 5. The van der Waals surface area contributed by atoms with Crippen LogP contribution in [0, 0.1) is 6.92 Å². The standard InChI is InChI=1S/C35H39N7O/c1-24-36-31-9-5-6-10-33(31)42(24)29-22-27-12-13-28(23-29)41(27)20-17-35(26-7-3-2-4-8-26)15-18-40(19-16-35)34(43)25-11-14-30-32(21-25)38-39-37-30/h2-11,14,21,27-29H,12-13,15-20,22-23H2,1H3,(H,37,38,39)/t27-,28+,29?. The van der Waals surface area contributed by atoms with E-state index in [1.165, 1.54) is 36.8 Å². The largest absolute Gasteiger partial charge is 0.339 e. The monoisotopic (exact) mass is 573 g/mol. The van der Waals surface area contributed by atoms with Gasteiger partial charge in [0.1, 0.15) is 11.3 Å². The van der Waals surface area contributed by atoms with E-state index < -0.39 is 0 Å². The number of hydrogen-bond donors (Lipinski definition) is 1. The zero-order valence-corrected chi connectivity index (χ0v) is 24.8. The maximum absolute atomic E-state index is 13.5. The Bertz CT molecular complexity index is 1750. The third-order valence-electron chi connectivity index (χ3n) is 10.8. The second-order valence-corrected chi connectivity index (χ2v) is 13.0. The number of fused-ring (bicyclic) bond motifs is 4. The summed E-state index contributed by atoms with van der Waals surface area (Å²) >= 11 is 0. The Morgan fingerprint density at radius 3 is 2.44 bits per heavy atom. The van der Waals surface area contributed by atoms with Gasteiger partial charge in [-0.25, -0.2) is 4.98 Å². The third kappa shape index (κ3) is 4.63. The fourth-order valence-corrected chi connectivity index (χ4v) is 8.56.